The van der Waals surface area contributed by atoms with Crippen LogP contribution >= 0.6 is 0 Å². The Labute approximate surface area is 212 Å². The number of hydrogen-bond acceptors (Lipinski definition) is 8. The van der Waals surface area contributed by atoms with E-state index < -0.39 is 21.6 Å². The number of rotatable bonds is 9. The number of amides is 1. The van der Waals surface area contributed by atoms with E-state index in [1.165, 1.54) is 44.6 Å². The predicted octanol–water partition coefficient (Wildman–Crippen LogP) is 3.94. The van der Waals surface area contributed by atoms with Gasteiger partial charge in [0, 0.05) is 17.5 Å². The maximum Gasteiger partial charge on any atom is 0.336 e. The largest absolute Gasteiger partial charge is 0.495 e. The van der Waals surface area contributed by atoms with Crippen molar-refractivity contribution in [1.29, 1.82) is 0 Å². The minimum Gasteiger partial charge on any atom is -0.495 e. The molecule has 4 rings (SSSR count). The third kappa shape index (κ3) is 5.84. The highest BCUT2D eigenvalue weighted by Gasteiger charge is 2.19. The van der Waals surface area contributed by atoms with Crippen LogP contribution in [0.2, 0.25) is 0 Å². The van der Waals surface area contributed by atoms with Gasteiger partial charge < -0.3 is 23.9 Å². The smallest absolute Gasteiger partial charge is 0.336 e. The van der Waals surface area contributed by atoms with Crippen molar-refractivity contribution in [3.8, 4) is 17.2 Å². The Hall–Kier alpha value is -4.51. The molecule has 1 aromatic heterocycles. The number of ether oxygens (including phenoxy) is 3. The summed E-state index contributed by atoms with van der Waals surface area (Å²) >= 11 is 0. The quantitative estimate of drug-likeness (QED) is 0.315. The number of sulfonamides is 1. The van der Waals surface area contributed by atoms with Crippen LogP contribution in [0.15, 0.2) is 80.8 Å². The van der Waals surface area contributed by atoms with Crippen LogP contribution in [0.1, 0.15) is 5.56 Å². The van der Waals surface area contributed by atoms with Gasteiger partial charge in [-0.15, -0.1) is 0 Å². The second kappa shape index (κ2) is 10.6. The van der Waals surface area contributed by atoms with Crippen LogP contribution < -0.4 is 29.9 Å². The standard InChI is InChI=1S/C26H24N2O8S/c1-16-12-26(30)36-24-13-17(8-10-19(16)24)35-15-25(29)27-21-14-18(9-11-23(21)34-3)37(31,32)28-20-6-4-5-7-22(20)33-2/h4-14,28H,15H2,1-3H3,(H,27,29). The van der Waals surface area contributed by atoms with Gasteiger partial charge in [-0.2, -0.15) is 0 Å². The molecule has 0 aliphatic carbocycles. The normalized spacial score (nSPS) is 11.1. The zero-order chi connectivity index (χ0) is 26.6. The summed E-state index contributed by atoms with van der Waals surface area (Å²) in [6.45, 7) is 1.40. The van der Waals surface area contributed by atoms with Crippen molar-refractivity contribution in [2.75, 3.05) is 30.9 Å². The maximum absolute atomic E-state index is 13.0. The van der Waals surface area contributed by atoms with Crippen molar-refractivity contribution in [3.63, 3.8) is 0 Å². The molecular weight excluding hydrogens is 500 g/mol. The van der Waals surface area contributed by atoms with Crippen LogP contribution in [0.4, 0.5) is 11.4 Å². The van der Waals surface area contributed by atoms with Crippen LogP contribution in [-0.4, -0.2) is 35.2 Å². The number of hydrogen-bond donors (Lipinski definition) is 2. The van der Waals surface area contributed by atoms with E-state index in [9.17, 15) is 18.0 Å². The first-order chi connectivity index (χ1) is 17.7. The fraction of sp³-hybridized carbons (Fsp3) is 0.154. The van der Waals surface area contributed by atoms with Gasteiger partial charge in [0.15, 0.2) is 6.61 Å². The van der Waals surface area contributed by atoms with E-state index in [1.807, 2.05) is 0 Å². The van der Waals surface area contributed by atoms with E-state index >= 15 is 0 Å². The molecule has 0 aliphatic heterocycles. The lowest BCUT2D eigenvalue weighted by atomic mass is 10.1. The number of fused-ring (bicyclic) bond motifs is 1. The monoisotopic (exact) mass is 524 g/mol. The van der Waals surface area contributed by atoms with E-state index in [0.29, 0.717) is 17.1 Å². The van der Waals surface area contributed by atoms with Crippen molar-refractivity contribution in [3.05, 3.63) is 82.7 Å². The molecule has 4 aromatic rings. The third-order valence-corrected chi connectivity index (χ3v) is 6.76. The Morgan fingerprint density at radius 1 is 0.919 bits per heavy atom. The van der Waals surface area contributed by atoms with Crippen molar-refractivity contribution in [2.24, 2.45) is 0 Å². The number of methoxy groups -OCH3 is 2. The van der Waals surface area contributed by atoms with E-state index in [1.54, 1.807) is 43.3 Å². The van der Waals surface area contributed by atoms with Gasteiger partial charge in [0.25, 0.3) is 15.9 Å². The van der Waals surface area contributed by atoms with Crippen LogP contribution in [0.25, 0.3) is 11.0 Å². The lowest BCUT2D eigenvalue weighted by molar-refractivity contribution is -0.118. The van der Waals surface area contributed by atoms with Crippen molar-refractivity contribution in [2.45, 2.75) is 11.8 Å². The molecule has 0 saturated carbocycles. The summed E-state index contributed by atoms with van der Waals surface area (Å²) < 4.78 is 49.7. The Morgan fingerprint density at radius 2 is 1.65 bits per heavy atom. The molecule has 3 aromatic carbocycles. The van der Waals surface area contributed by atoms with Crippen LogP contribution in [0.3, 0.4) is 0 Å². The van der Waals surface area contributed by atoms with E-state index in [2.05, 4.69) is 10.0 Å². The van der Waals surface area contributed by atoms with Gasteiger partial charge in [-0.1, -0.05) is 12.1 Å². The van der Waals surface area contributed by atoms with Gasteiger partial charge in [-0.05, 0) is 55.0 Å². The molecule has 0 spiro atoms. The second-order valence-electron chi connectivity index (χ2n) is 7.91. The number of carbonyl (C=O) groups excluding carboxylic acids is 1. The lowest BCUT2D eigenvalue weighted by Gasteiger charge is -2.15. The Bertz CT molecular complexity index is 1630. The summed E-state index contributed by atoms with van der Waals surface area (Å²) in [6, 6.07) is 16.9. The number of para-hydroxylation sites is 2. The fourth-order valence-corrected chi connectivity index (χ4v) is 4.71. The molecule has 0 radical (unpaired) electrons. The number of benzene rings is 3. The number of carbonyl (C=O) groups is 1. The summed E-state index contributed by atoms with van der Waals surface area (Å²) in [6.07, 6.45) is 0. The molecule has 11 heteroatoms. The Morgan fingerprint density at radius 3 is 2.41 bits per heavy atom. The number of aryl methyl sites for hydroxylation is 1. The van der Waals surface area contributed by atoms with Gasteiger partial charge in [0.1, 0.15) is 22.8 Å². The van der Waals surface area contributed by atoms with Crippen LogP contribution in [-0.2, 0) is 14.8 Å². The molecule has 37 heavy (non-hydrogen) atoms. The number of anilines is 2. The fourth-order valence-electron chi connectivity index (χ4n) is 3.61. The zero-order valence-corrected chi connectivity index (χ0v) is 21.0. The summed E-state index contributed by atoms with van der Waals surface area (Å²) in [5.41, 5.74) is 1.02. The third-order valence-electron chi connectivity index (χ3n) is 5.40. The van der Waals surface area contributed by atoms with Gasteiger partial charge in [-0.3, -0.25) is 9.52 Å². The molecule has 0 fully saturated rings. The topological polar surface area (TPSA) is 133 Å². The molecule has 0 saturated heterocycles. The molecule has 1 heterocycles. The summed E-state index contributed by atoms with van der Waals surface area (Å²) in [5.74, 6) is 0.373. The Kier molecular flexibility index (Phi) is 7.35. The molecule has 0 bridgehead atoms. The highest BCUT2D eigenvalue weighted by atomic mass is 32.2. The summed E-state index contributed by atoms with van der Waals surface area (Å²) in [7, 11) is -1.18. The van der Waals surface area contributed by atoms with Gasteiger partial charge in [0.05, 0.1) is 30.5 Å². The molecular formula is C26H24N2O8S. The predicted molar refractivity (Wildman–Crippen MR) is 138 cm³/mol. The number of nitrogens with one attached hydrogen (secondary N) is 2. The van der Waals surface area contributed by atoms with Gasteiger partial charge >= 0.3 is 5.63 Å². The molecule has 0 unspecified atom stereocenters. The van der Waals surface area contributed by atoms with Crippen LogP contribution in [0.5, 0.6) is 17.2 Å². The first-order valence-electron chi connectivity index (χ1n) is 11.0. The lowest BCUT2D eigenvalue weighted by Crippen LogP contribution is -2.21. The van der Waals surface area contributed by atoms with E-state index in [0.717, 1.165) is 10.9 Å². The molecule has 192 valence electrons. The summed E-state index contributed by atoms with van der Waals surface area (Å²) in [4.78, 5) is 24.2. The highest BCUT2D eigenvalue weighted by Crippen LogP contribution is 2.31. The SMILES string of the molecule is COc1ccc(S(=O)(=O)Nc2ccccc2OC)cc1NC(=O)COc1ccc2c(C)cc(=O)oc2c1. The molecule has 10 nitrogen and oxygen atoms in total. The summed E-state index contributed by atoms with van der Waals surface area (Å²) in [5, 5.41) is 3.36. The molecule has 0 aliphatic rings. The maximum atomic E-state index is 13.0. The molecule has 0 atom stereocenters. The van der Waals surface area contributed by atoms with Crippen molar-refractivity contribution < 1.29 is 31.8 Å². The molecule has 1 amide bonds. The van der Waals surface area contributed by atoms with Gasteiger partial charge in [0.2, 0.25) is 0 Å². The first-order valence-corrected chi connectivity index (χ1v) is 12.5. The zero-order valence-electron chi connectivity index (χ0n) is 20.2. The average Bonchev–Trinajstić information content (AvgIpc) is 2.87. The first kappa shape index (κ1) is 25.6. The minimum atomic E-state index is -4.02. The van der Waals surface area contributed by atoms with Crippen molar-refractivity contribution in [1.82, 2.24) is 0 Å². The van der Waals surface area contributed by atoms with E-state index in [-0.39, 0.29) is 28.6 Å². The minimum absolute atomic E-state index is 0.102. The molecule has 2 N–H and O–H groups in total. The average molecular weight is 525 g/mol. The Balaban J connectivity index is 1.50. The van der Waals surface area contributed by atoms with Gasteiger partial charge in [-0.25, -0.2) is 13.2 Å². The van der Waals surface area contributed by atoms with E-state index in [4.69, 9.17) is 18.6 Å². The highest BCUT2D eigenvalue weighted by molar-refractivity contribution is 7.92. The van der Waals surface area contributed by atoms with Crippen molar-refractivity contribution >= 4 is 38.3 Å². The van der Waals surface area contributed by atoms with Crippen LogP contribution in [0, 0.1) is 6.92 Å². The second-order valence-corrected chi connectivity index (χ2v) is 9.59.